The van der Waals surface area contributed by atoms with E-state index in [0.717, 1.165) is 19.6 Å². The van der Waals surface area contributed by atoms with E-state index in [1.807, 2.05) is 0 Å². The van der Waals surface area contributed by atoms with Crippen molar-refractivity contribution in [3.05, 3.63) is 34.5 Å². The molecule has 0 aliphatic rings. The Labute approximate surface area is 180 Å². The van der Waals surface area contributed by atoms with Crippen molar-refractivity contribution in [3.8, 4) is 29.1 Å². The summed E-state index contributed by atoms with van der Waals surface area (Å²) in [5.41, 5.74) is 2.32. The molecule has 8 nitrogen and oxygen atoms in total. The van der Waals surface area contributed by atoms with Gasteiger partial charge >= 0.3 is 0 Å². The third-order valence-electron chi connectivity index (χ3n) is 4.92. The van der Waals surface area contributed by atoms with E-state index in [1.54, 1.807) is 12.3 Å². The lowest BCUT2D eigenvalue weighted by molar-refractivity contribution is 0.316. The van der Waals surface area contributed by atoms with Crippen LogP contribution in [0.4, 0.5) is 5.95 Å². The topological polar surface area (TPSA) is 114 Å². The summed E-state index contributed by atoms with van der Waals surface area (Å²) in [6.45, 7) is 7.68. The van der Waals surface area contributed by atoms with E-state index >= 15 is 0 Å². The number of nitrogens with zero attached hydrogens (tertiary/aromatic N) is 5. The third-order valence-corrected chi connectivity index (χ3v) is 5.24. The molecule has 0 saturated heterocycles. The Morgan fingerprint density at radius 3 is 2.53 bits per heavy atom. The van der Waals surface area contributed by atoms with Gasteiger partial charge in [0, 0.05) is 24.8 Å². The first kappa shape index (κ1) is 21.4. The first-order chi connectivity index (χ1) is 14.6. The molecule has 0 radical (unpaired) electrons. The van der Waals surface area contributed by atoms with Crippen LogP contribution in [-0.2, 0) is 0 Å². The number of nitrogens with one attached hydrogen (secondary N) is 2. The molecule has 0 spiro atoms. The van der Waals surface area contributed by atoms with E-state index in [1.165, 1.54) is 13.2 Å². The number of likely N-dealkylation sites (N-methyl/N-ethyl adjacent to an activating group) is 1. The number of methoxy groups -OCH3 is 1. The Hall–Kier alpha value is -3.33. The molecule has 0 fully saturated rings. The molecule has 0 aliphatic carbocycles. The number of aromatic nitrogens is 3. The standard InChI is InChI=1S/C21H22ClN7O/c1-4-29(5-2)7-6-25-21-27-19(18-14(11-24)12-26-20(18)28-21)15-9-17(30-3)13(10-23)8-16(15)22/h8-9,12H,4-7H2,1-3H3,(H2,25,26,27,28). The molecule has 3 aromatic rings. The third kappa shape index (κ3) is 4.16. The fourth-order valence-electron chi connectivity index (χ4n) is 3.25. The number of halogens is 1. The molecule has 30 heavy (non-hydrogen) atoms. The highest BCUT2D eigenvalue weighted by atomic mass is 35.5. The summed E-state index contributed by atoms with van der Waals surface area (Å²) >= 11 is 6.48. The average Bonchev–Trinajstić information content (AvgIpc) is 3.19. The minimum absolute atomic E-state index is 0.323. The van der Waals surface area contributed by atoms with Crippen molar-refractivity contribution < 1.29 is 4.74 Å². The summed E-state index contributed by atoms with van der Waals surface area (Å²) in [6, 6.07) is 7.42. The fourth-order valence-corrected chi connectivity index (χ4v) is 3.51. The van der Waals surface area contributed by atoms with E-state index in [0.29, 0.717) is 56.7 Å². The molecular weight excluding hydrogens is 402 g/mol. The molecule has 154 valence electrons. The van der Waals surface area contributed by atoms with Gasteiger partial charge in [0.25, 0.3) is 0 Å². The van der Waals surface area contributed by atoms with Crippen molar-refractivity contribution in [2.75, 3.05) is 38.6 Å². The van der Waals surface area contributed by atoms with E-state index in [4.69, 9.17) is 16.3 Å². The molecule has 2 aromatic heterocycles. The minimum atomic E-state index is 0.323. The van der Waals surface area contributed by atoms with Crippen molar-refractivity contribution in [1.29, 1.82) is 10.5 Å². The Morgan fingerprint density at radius 1 is 1.17 bits per heavy atom. The molecule has 3 rings (SSSR count). The number of nitriles is 2. The molecule has 1 aromatic carbocycles. The van der Waals surface area contributed by atoms with Crippen LogP contribution in [0.2, 0.25) is 5.02 Å². The zero-order valence-corrected chi connectivity index (χ0v) is 17.8. The second-order valence-electron chi connectivity index (χ2n) is 6.53. The summed E-state index contributed by atoms with van der Waals surface area (Å²) in [7, 11) is 1.49. The first-order valence-corrected chi connectivity index (χ1v) is 9.97. The number of hydrogen-bond acceptors (Lipinski definition) is 7. The normalized spacial score (nSPS) is 10.8. The zero-order valence-electron chi connectivity index (χ0n) is 17.1. The second-order valence-corrected chi connectivity index (χ2v) is 6.94. The van der Waals surface area contributed by atoms with Crippen LogP contribution in [0, 0.1) is 22.7 Å². The van der Waals surface area contributed by atoms with Gasteiger partial charge in [0.1, 0.15) is 23.5 Å². The van der Waals surface area contributed by atoms with Gasteiger partial charge in [-0.15, -0.1) is 0 Å². The van der Waals surface area contributed by atoms with Gasteiger partial charge in [-0.25, -0.2) is 4.98 Å². The van der Waals surface area contributed by atoms with Crippen LogP contribution in [-0.4, -0.2) is 53.1 Å². The molecule has 0 bridgehead atoms. The SMILES string of the molecule is CCN(CC)CCNc1nc(-c2cc(OC)c(C#N)cc2Cl)c2c(C#N)c[nH]c2n1. The van der Waals surface area contributed by atoms with Crippen LogP contribution in [0.25, 0.3) is 22.3 Å². The summed E-state index contributed by atoms with van der Waals surface area (Å²) in [6.07, 6.45) is 1.59. The lowest BCUT2D eigenvalue weighted by Gasteiger charge is -2.18. The predicted octanol–water partition coefficient (Wildman–Crippen LogP) is 3.78. The fraction of sp³-hybridized carbons (Fsp3) is 0.333. The highest BCUT2D eigenvalue weighted by Crippen LogP contribution is 2.37. The monoisotopic (exact) mass is 423 g/mol. The quantitative estimate of drug-likeness (QED) is 0.566. The molecular formula is C21H22ClN7O. The maximum atomic E-state index is 9.53. The van der Waals surface area contributed by atoms with Crippen LogP contribution in [0.3, 0.4) is 0 Å². The predicted molar refractivity (Wildman–Crippen MR) is 117 cm³/mol. The summed E-state index contributed by atoms with van der Waals surface area (Å²) in [5, 5.41) is 23.0. The van der Waals surface area contributed by atoms with E-state index in [9.17, 15) is 10.5 Å². The number of H-pyrrole nitrogens is 1. The van der Waals surface area contributed by atoms with Gasteiger partial charge in [-0.3, -0.25) is 0 Å². The summed E-state index contributed by atoms with van der Waals surface area (Å²) in [4.78, 5) is 14.5. The number of benzene rings is 1. The number of fused-ring (bicyclic) bond motifs is 1. The van der Waals surface area contributed by atoms with Crippen LogP contribution in [0.15, 0.2) is 18.3 Å². The Balaban J connectivity index is 2.10. The Kier molecular flexibility index (Phi) is 6.73. The molecule has 2 N–H and O–H groups in total. The summed E-state index contributed by atoms with van der Waals surface area (Å²) < 4.78 is 5.33. The van der Waals surface area contributed by atoms with Gasteiger partial charge in [0.05, 0.1) is 34.3 Å². The van der Waals surface area contributed by atoms with E-state index < -0.39 is 0 Å². The molecule has 0 atom stereocenters. The molecule has 0 aliphatic heterocycles. The Bertz CT molecular complexity index is 1140. The highest BCUT2D eigenvalue weighted by Gasteiger charge is 2.19. The van der Waals surface area contributed by atoms with Crippen molar-refractivity contribution in [3.63, 3.8) is 0 Å². The van der Waals surface area contributed by atoms with Gasteiger partial charge < -0.3 is 19.9 Å². The van der Waals surface area contributed by atoms with E-state index in [2.05, 4.69) is 51.2 Å². The van der Waals surface area contributed by atoms with Crippen molar-refractivity contribution in [2.45, 2.75) is 13.8 Å². The highest BCUT2D eigenvalue weighted by molar-refractivity contribution is 6.33. The van der Waals surface area contributed by atoms with Crippen LogP contribution < -0.4 is 10.1 Å². The minimum Gasteiger partial charge on any atom is -0.495 e. The van der Waals surface area contributed by atoms with E-state index in [-0.39, 0.29) is 0 Å². The largest absolute Gasteiger partial charge is 0.495 e. The van der Waals surface area contributed by atoms with Crippen molar-refractivity contribution in [1.82, 2.24) is 19.9 Å². The number of ether oxygens (including phenoxy) is 1. The van der Waals surface area contributed by atoms with Gasteiger partial charge in [-0.2, -0.15) is 15.5 Å². The Morgan fingerprint density at radius 2 is 1.90 bits per heavy atom. The van der Waals surface area contributed by atoms with Crippen LogP contribution in [0.5, 0.6) is 5.75 Å². The number of anilines is 1. The smallest absolute Gasteiger partial charge is 0.225 e. The van der Waals surface area contributed by atoms with Gasteiger partial charge in [0.15, 0.2) is 0 Å². The van der Waals surface area contributed by atoms with Crippen LogP contribution >= 0.6 is 11.6 Å². The number of rotatable bonds is 8. The first-order valence-electron chi connectivity index (χ1n) is 9.59. The van der Waals surface area contributed by atoms with Gasteiger partial charge in [0.2, 0.25) is 5.95 Å². The zero-order chi connectivity index (χ0) is 21.7. The molecule has 0 unspecified atom stereocenters. The lowest BCUT2D eigenvalue weighted by Crippen LogP contribution is -2.29. The maximum absolute atomic E-state index is 9.53. The van der Waals surface area contributed by atoms with Crippen molar-refractivity contribution in [2.24, 2.45) is 0 Å². The van der Waals surface area contributed by atoms with Gasteiger partial charge in [-0.05, 0) is 25.2 Å². The second kappa shape index (κ2) is 9.45. The van der Waals surface area contributed by atoms with Gasteiger partial charge in [-0.1, -0.05) is 25.4 Å². The lowest BCUT2D eigenvalue weighted by atomic mass is 10.0. The number of aromatic amines is 1. The molecule has 2 heterocycles. The average molecular weight is 424 g/mol. The summed E-state index contributed by atoms with van der Waals surface area (Å²) in [5.74, 6) is 0.809. The molecule has 0 saturated carbocycles. The number of hydrogen-bond donors (Lipinski definition) is 2. The molecule has 0 amide bonds. The van der Waals surface area contributed by atoms with Crippen molar-refractivity contribution >= 4 is 28.6 Å². The molecule has 9 heteroatoms. The van der Waals surface area contributed by atoms with Crippen LogP contribution in [0.1, 0.15) is 25.0 Å². The maximum Gasteiger partial charge on any atom is 0.225 e.